The Morgan fingerprint density at radius 2 is 1.71 bits per heavy atom. The van der Waals surface area contributed by atoms with E-state index in [2.05, 4.69) is 66.8 Å². The minimum atomic E-state index is 0.380. The van der Waals surface area contributed by atoms with Crippen molar-refractivity contribution in [2.24, 2.45) is 0 Å². The van der Waals surface area contributed by atoms with Crippen LogP contribution in [-0.4, -0.2) is 13.7 Å². The van der Waals surface area contributed by atoms with E-state index in [0.29, 0.717) is 6.04 Å². The van der Waals surface area contributed by atoms with Crippen molar-refractivity contribution in [1.29, 1.82) is 0 Å². The van der Waals surface area contributed by atoms with Crippen molar-refractivity contribution >= 4 is 0 Å². The predicted molar refractivity (Wildman–Crippen MR) is 88.8 cm³/mol. The first-order valence-corrected chi connectivity index (χ1v) is 7.77. The number of rotatable bonds is 8. The van der Waals surface area contributed by atoms with E-state index in [9.17, 15) is 0 Å². The molecule has 0 aliphatic carbocycles. The van der Waals surface area contributed by atoms with Gasteiger partial charge in [-0.05, 0) is 49.6 Å². The van der Waals surface area contributed by atoms with Crippen LogP contribution in [0.25, 0.3) is 0 Å². The first-order valence-electron chi connectivity index (χ1n) is 7.77. The van der Waals surface area contributed by atoms with Crippen LogP contribution in [0, 0.1) is 0 Å². The molecule has 0 radical (unpaired) electrons. The van der Waals surface area contributed by atoms with Gasteiger partial charge in [-0.2, -0.15) is 0 Å². The van der Waals surface area contributed by atoms with Gasteiger partial charge in [0.25, 0.3) is 0 Å². The topological polar surface area (TPSA) is 21.3 Å². The van der Waals surface area contributed by atoms with Gasteiger partial charge in [-0.3, -0.25) is 0 Å². The van der Waals surface area contributed by atoms with Gasteiger partial charge in [-0.25, -0.2) is 0 Å². The van der Waals surface area contributed by atoms with Crippen molar-refractivity contribution in [1.82, 2.24) is 5.32 Å². The number of nitrogens with one attached hydrogen (secondary N) is 1. The second kappa shape index (κ2) is 8.48. The molecule has 0 saturated carbocycles. The second-order valence-corrected chi connectivity index (χ2v) is 5.28. The molecule has 0 spiro atoms. The highest BCUT2D eigenvalue weighted by molar-refractivity contribution is 5.29. The minimum absolute atomic E-state index is 0.380. The van der Waals surface area contributed by atoms with E-state index in [1.54, 1.807) is 0 Å². The molecule has 0 bridgehead atoms. The van der Waals surface area contributed by atoms with Gasteiger partial charge in [-0.15, -0.1) is 0 Å². The van der Waals surface area contributed by atoms with Crippen molar-refractivity contribution < 1.29 is 4.74 Å². The van der Waals surface area contributed by atoms with Crippen LogP contribution in [0.2, 0.25) is 0 Å². The number of hydrogen-bond donors (Lipinski definition) is 1. The van der Waals surface area contributed by atoms with E-state index in [-0.39, 0.29) is 0 Å². The van der Waals surface area contributed by atoms with Crippen molar-refractivity contribution in [3.05, 3.63) is 65.7 Å². The van der Waals surface area contributed by atoms with Gasteiger partial charge in [0.2, 0.25) is 0 Å². The van der Waals surface area contributed by atoms with Crippen molar-refractivity contribution in [2.75, 3.05) is 13.7 Å². The largest absolute Gasteiger partial charge is 0.494 e. The van der Waals surface area contributed by atoms with Crippen LogP contribution >= 0.6 is 0 Å². The third-order valence-corrected chi connectivity index (χ3v) is 3.67. The Labute approximate surface area is 128 Å². The molecule has 0 saturated heterocycles. The van der Waals surface area contributed by atoms with Gasteiger partial charge in [0.05, 0.1) is 6.61 Å². The number of aryl methyl sites for hydroxylation is 1. The minimum Gasteiger partial charge on any atom is -0.494 e. The molecule has 2 rings (SSSR count). The molecule has 2 heteroatoms. The quantitative estimate of drug-likeness (QED) is 0.777. The van der Waals surface area contributed by atoms with E-state index < -0.39 is 0 Å². The Morgan fingerprint density at radius 1 is 1.00 bits per heavy atom. The molecular formula is C19H25NO. The zero-order valence-corrected chi connectivity index (χ0v) is 13.0. The van der Waals surface area contributed by atoms with Crippen molar-refractivity contribution in [2.45, 2.75) is 32.2 Å². The standard InChI is InChI=1S/C19H25NO/c1-3-15-21-18-12-10-17(11-13-18)19(20-2)14-9-16-7-5-4-6-8-16/h4-8,10-13,19-20H,3,9,14-15H2,1-2H3. The summed E-state index contributed by atoms with van der Waals surface area (Å²) in [7, 11) is 2.02. The van der Waals surface area contributed by atoms with Gasteiger partial charge in [0, 0.05) is 6.04 Å². The molecule has 21 heavy (non-hydrogen) atoms. The lowest BCUT2D eigenvalue weighted by Crippen LogP contribution is -2.17. The summed E-state index contributed by atoms with van der Waals surface area (Å²) in [5.74, 6) is 0.957. The molecule has 0 amide bonds. The Bertz CT molecular complexity index is 507. The molecule has 1 N–H and O–H groups in total. The summed E-state index contributed by atoms with van der Waals surface area (Å²) in [4.78, 5) is 0. The lowest BCUT2D eigenvalue weighted by atomic mass is 9.99. The summed E-state index contributed by atoms with van der Waals surface area (Å²) in [6, 6.07) is 19.5. The summed E-state index contributed by atoms with van der Waals surface area (Å²) in [5, 5.41) is 3.41. The van der Waals surface area contributed by atoms with Gasteiger partial charge >= 0.3 is 0 Å². The molecule has 0 heterocycles. The van der Waals surface area contributed by atoms with Gasteiger partial charge in [0.1, 0.15) is 5.75 Å². The molecule has 0 fully saturated rings. The molecule has 1 atom stereocenters. The Balaban J connectivity index is 1.94. The van der Waals surface area contributed by atoms with Crippen LogP contribution < -0.4 is 10.1 Å². The summed E-state index contributed by atoms with van der Waals surface area (Å²) in [6.45, 7) is 2.90. The molecule has 1 unspecified atom stereocenters. The lowest BCUT2D eigenvalue weighted by molar-refractivity contribution is 0.317. The molecule has 0 aliphatic rings. The first kappa shape index (κ1) is 15.6. The summed E-state index contributed by atoms with van der Waals surface area (Å²) in [6.07, 6.45) is 3.22. The molecule has 2 nitrogen and oxygen atoms in total. The fourth-order valence-corrected chi connectivity index (χ4v) is 2.45. The highest BCUT2D eigenvalue weighted by atomic mass is 16.5. The maximum atomic E-state index is 5.63. The van der Waals surface area contributed by atoms with Gasteiger partial charge in [-0.1, -0.05) is 49.4 Å². The smallest absolute Gasteiger partial charge is 0.119 e. The van der Waals surface area contributed by atoms with Crippen molar-refractivity contribution in [3.63, 3.8) is 0 Å². The van der Waals surface area contributed by atoms with E-state index >= 15 is 0 Å². The Hall–Kier alpha value is -1.80. The predicted octanol–water partition coefficient (Wildman–Crippen LogP) is 4.37. The van der Waals surface area contributed by atoms with Crippen LogP contribution in [-0.2, 0) is 6.42 Å². The molecular weight excluding hydrogens is 258 g/mol. The summed E-state index contributed by atoms with van der Waals surface area (Å²) < 4.78 is 5.63. The molecule has 0 aromatic heterocycles. The molecule has 0 aliphatic heterocycles. The normalized spacial score (nSPS) is 12.1. The van der Waals surface area contributed by atoms with Crippen LogP contribution in [0.3, 0.4) is 0 Å². The fourth-order valence-electron chi connectivity index (χ4n) is 2.45. The Morgan fingerprint density at radius 3 is 2.33 bits per heavy atom. The third kappa shape index (κ3) is 4.91. The Kier molecular flexibility index (Phi) is 6.29. The average Bonchev–Trinajstić information content (AvgIpc) is 2.55. The molecule has 112 valence electrons. The van der Waals surface area contributed by atoms with E-state index in [1.165, 1.54) is 11.1 Å². The molecule has 2 aromatic rings. The maximum absolute atomic E-state index is 5.63. The maximum Gasteiger partial charge on any atom is 0.119 e. The zero-order chi connectivity index (χ0) is 14.9. The average molecular weight is 283 g/mol. The summed E-state index contributed by atoms with van der Waals surface area (Å²) >= 11 is 0. The van der Waals surface area contributed by atoms with Crippen LogP contribution in [0.4, 0.5) is 0 Å². The van der Waals surface area contributed by atoms with E-state index in [4.69, 9.17) is 4.74 Å². The first-order chi connectivity index (χ1) is 10.3. The van der Waals surface area contributed by atoms with Gasteiger partial charge in [0.15, 0.2) is 0 Å². The number of ether oxygens (including phenoxy) is 1. The van der Waals surface area contributed by atoms with Crippen LogP contribution in [0.1, 0.15) is 36.9 Å². The van der Waals surface area contributed by atoms with E-state index in [1.807, 2.05) is 7.05 Å². The van der Waals surface area contributed by atoms with Gasteiger partial charge < -0.3 is 10.1 Å². The second-order valence-electron chi connectivity index (χ2n) is 5.28. The highest BCUT2D eigenvalue weighted by Gasteiger charge is 2.09. The third-order valence-electron chi connectivity index (χ3n) is 3.67. The highest BCUT2D eigenvalue weighted by Crippen LogP contribution is 2.22. The SMILES string of the molecule is CCCOc1ccc(C(CCc2ccccc2)NC)cc1. The fraction of sp³-hybridized carbons (Fsp3) is 0.368. The number of hydrogen-bond acceptors (Lipinski definition) is 2. The summed E-state index contributed by atoms with van der Waals surface area (Å²) in [5.41, 5.74) is 2.71. The monoisotopic (exact) mass is 283 g/mol. The molecule has 2 aromatic carbocycles. The van der Waals surface area contributed by atoms with Crippen LogP contribution in [0.15, 0.2) is 54.6 Å². The zero-order valence-electron chi connectivity index (χ0n) is 13.0. The van der Waals surface area contributed by atoms with E-state index in [0.717, 1.165) is 31.6 Å². The van der Waals surface area contributed by atoms with Crippen LogP contribution in [0.5, 0.6) is 5.75 Å². The number of benzene rings is 2. The lowest BCUT2D eigenvalue weighted by Gasteiger charge is -2.17. The van der Waals surface area contributed by atoms with Crippen molar-refractivity contribution in [3.8, 4) is 5.75 Å².